The standard InChI is InChI=1S/C28H33N5O2/c1-3-26(34)21-10-7-15-33(18-21)23-13-11-22(12-14-23)32-27-16-25(24(17-30-27)28(29)35)31-19(2)20-8-5-4-6-9-20/h4-6,8-9,11-14,16-17,19,21H,3,7,10,15,18H2,1-2H3,(H2,29,35)(H2,30,31,32)/t19-,21-/m1/s1. The third-order valence-corrected chi connectivity index (χ3v) is 6.57. The number of carbonyl (C=O) groups is 2. The van der Waals surface area contributed by atoms with Gasteiger partial charge >= 0.3 is 0 Å². The first-order chi connectivity index (χ1) is 16.9. The molecule has 2 heterocycles. The van der Waals surface area contributed by atoms with Crippen molar-refractivity contribution < 1.29 is 9.59 Å². The molecule has 0 bridgehead atoms. The van der Waals surface area contributed by atoms with Crippen molar-refractivity contribution in [3.05, 3.63) is 78.0 Å². The molecule has 7 nitrogen and oxygen atoms in total. The van der Waals surface area contributed by atoms with Gasteiger partial charge in [0.25, 0.3) is 5.91 Å². The highest BCUT2D eigenvalue weighted by Gasteiger charge is 2.24. The number of aromatic nitrogens is 1. The minimum atomic E-state index is -0.530. The van der Waals surface area contributed by atoms with Crippen LogP contribution in [0.3, 0.4) is 0 Å². The zero-order chi connectivity index (χ0) is 24.8. The van der Waals surface area contributed by atoms with E-state index in [9.17, 15) is 9.59 Å². The molecule has 182 valence electrons. The van der Waals surface area contributed by atoms with E-state index in [4.69, 9.17) is 5.73 Å². The molecule has 0 spiro atoms. The van der Waals surface area contributed by atoms with E-state index in [0.717, 1.165) is 42.9 Å². The summed E-state index contributed by atoms with van der Waals surface area (Å²) in [4.78, 5) is 30.8. The van der Waals surface area contributed by atoms with E-state index in [1.807, 2.05) is 56.3 Å². The zero-order valence-electron chi connectivity index (χ0n) is 20.3. The zero-order valence-corrected chi connectivity index (χ0v) is 20.3. The van der Waals surface area contributed by atoms with Gasteiger partial charge < -0.3 is 21.3 Å². The predicted molar refractivity (Wildman–Crippen MR) is 141 cm³/mol. The summed E-state index contributed by atoms with van der Waals surface area (Å²) in [6.07, 6.45) is 4.11. The smallest absolute Gasteiger partial charge is 0.252 e. The van der Waals surface area contributed by atoms with Crippen molar-refractivity contribution in [2.24, 2.45) is 11.7 Å². The maximum Gasteiger partial charge on any atom is 0.252 e. The first-order valence-electron chi connectivity index (χ1n) is 12.2. The van der Waals surface area contributed by atoms with Crippen LogP contribution in [-0.4, -0.2) is 29.8 Å². The lowest BCUT2D eigenvalue weighted by Crippen LogP contribution is -2.38. The topological polar surface area (TPSA) is 100 Å². The number of nitrogens with one attached hydrogen (secondary N) is 2. The average molecular weight is 472 g/mol. The fourth-order valence-electron chi connectivity index (χ4n) is 4.56. The first-order valence-corrected chi connectivity index (χ1v) is 12.2. The van der Waals surface area contributed by atoms with Crippen LogP contribution >= 0.6 is 0 Å². The Morgan fingerprint density at radius 2 is 1.89 bits per heavy atom. The van der Waals surface area contributed by atoms with Crippen LogP contribution in [0.5, 0.6) is 0 Å². The number of nitrogens with zero attached hydrogens (tertiary/aromatic N) is 2. The molecule has 2 aromatic carbocycles. The van der Waals surface area contributed by atoms with Crippen LogP contribution in [0, 0.1) is 5.92 Å². The number of benzene rings is 2. The highest BCUT2D eigenvalue weighted by Crippen LogP contribution is 2.28. The Morgan fingerprint density at radius 1 is 1.14 bits per heavy atom. The predicted octanol–water partition coefficient (Wildman–Crippen LogP) is 5.29. The number of hydrogen-bond acceptors (Lipinski definition) is 6. The van der Waals surface area contributed by atoms with Crippen LogP contribution in [0.15, 0.2) is 66.9 Å². The number of Topliss-reactive ketones (excluding diaryl/α,β-unsaturated/α-hetero) is 1. The first kappa shape index (κ1) is 24.3. The van der Waals surface area contributed by atoms with E-state index in [1.165, 1.54) is 6.20 Å². The molecule has 1 aliphatic rings. The van der Waals surface area contributed by atoms with Crippen molar-refractivity contribution in [3.63, 3.8) is 0 Å². The molecule has 1 fully saturated rings. The highest BCUT2D eigenvalue weighted by molar-refractivity contribution is 5.98. The van der Waals surface area contributed by atoms with Crippen LogP contribution in [0.25, 0.3) is 0 Å². The molecule has 1 aromatic heterocycles. The van der Waals surface area contributed by atoms with Gasteiger partial charge in [-0.3, -0.25) is 9.59 Å². The Bertz CT molecular complexity index is 1160. The van der Waals surface area contributed by atoms with Crippen molar-refractivity contribution in [2.75, 3.05) is 28.6 Å². The number of ketones is 1. The summed E-state index contributed by atoms with van der Waals surface area (Å²) in [5.41, 5.74) is 9.66. The van der Waals surface area contributed by atoms with Crippen LogP contribution in [0.4, 0.5) is 22.9 Å². The van der Waals surface area contributed by atoms with E-state index < -0.39 is 5.91 Å². The van der Waals surface area contributed by atoms with Crippen molar-refractivity contribution in [3.8, 4) is 0 Å². The lowest BCUT2D eigenvalue weighted by Gasteiger charge is -2.33. The molecule has 2 atom stereocenters. The van der Waals surface area contributed by atoms with Crippen molar-refractivity contribution in [1.29, 1.82) is 0 Å². The summed E-state index contributed by atoms with van der Waals surface area (Å²) >= 11 is 0. The van der Waals surface area contributed by atoms with Crippen LogP contribution in [-0.2, 0) is 4.79 Å². The average Bonchev–Trinajstić information content (AvgIpc) is 2.89. The van der Waals surface area contributed by atoms with Gasteiger partial charge in [-0.15, -0.1) is 0 Å². The van der Waals surface area contributed by atoms with Gasteiger partial charge in [0, 0.05) is 55.1 Å². The van der Waals surface area contributed by atoms with E-state index >= 15 is 0 Å². The van der Waals surface area contributed by atoms with E-state index in [2.05, 4.69) is 32.7 Å². The summed E-state index contributed by atoms with van der Waals surface area (Å²) < 4.78 is 0. The number of rotatable bonds is 9. The molecule has 0 saturated carbocycles. The molecule has 4 N–H and O–H groups in total. The van der Waals surface area contributed by atoms with Crippen LogP contribution in [0.2, 0.25) is 0 Å². The molecule has 1 amide bonds. The summed E-state index contributed by atoms with van der Waals surface area (Å²) in [5, 5.41) is 6.70. The fraction of sp³-hybridized carbons (Fsp3) is 0.321. The van der Waals surface area contributed by atoms with Gasteiger partial charge in [0.15, 0.2) is 0 Å². The van der Waals surface area contributed by atoms with Gasteiger partial charge in [-0.1, -0.05) is 37.3 Å². The lowest BCUT2D eigenvalue weighted by molar-refractivity contribution is -0.122. The Morgan fingerprint density at radius 3 is 2.57 bits per heavy atom. The number of hydrogen-bond donors (Lipinski definition) is 3. The maximum absolute atomic E-state index is 12.2. The number of primary amides is 1. The second kappa shape index (κ2) is 11.0. The molecule has 0 unspecified atom stereocenters. The third-order valence-electron chi connectivity index (χ3n) is 6.57. The van der Waals surface area contributed by atoms with Gasteiger partial charge in [-0.2, -0.15) is 0 Å². The van der Waals surface area contributed by atoms with Crippen molar-refractivity contribution >= 4 is 34.6 Å². The van der Waals surface area contributed by atoms with Gasteiger partial charge in [-0.05, 0) is 49.6 Å². The number of nitrogens with two attached hydrogens (primary N) is 1. The Balaban J connectivity index is 1.47. The monoisotopic (exact) mass is 471 g/mol. The summed E-state index contributed by atoms with van der Waals surface area (Å²) in [6.45, 7) is 5.72. The Hall–Kier alpha value is -3.87. The molecule has 35 heavy (non-hydrogen) atoms. The number of amides is 1. The summed E-state index contributed by atoms with van der Waals surface area (Å²) in [7, 11) is 0. The number of pyridine rings is 1. The molecule has 1 aliphatic heterocycles. The van der Waals surface area contributed by atoms with Crippen molar-refractivity contribution in [1.82, 2.24) is 4.98 Å². The molecule has 3 aromatic rings. The van der Waals surface area contributed by atoms with Gasteiger partial charge in [-0.25, -0.2) is 4.98 Å². The van der Waals surface area contributed by atoms with Crippen LogP contribution in [0.1, 0.15) is 55.1 Å². The van der Waals surface area contributed by atoms with E-state index in [-0.39, 0.29) is 12.0 Å². The molecular weight excluding hydrogens is 438 g/mol. The highest BCUT2D eigenvalue weighted by atomic mass is 16.1. The lowest BCUT2D eigenvalue weighted by atomic mass is 9.92. The van der Waals surface area contributed by atoms with Gasteiger partial charge in [0.05, 0.1) is 11.3 Å². The minimum absolute atomic E-state index is 0.0169. The molecule has 4 rings (SSSR count). The molecule has 0 aliphatic carbocycles. The normalized spacial score (nSPS) is 16.4. The largest absolute Gasteiger partial charge is 0.378 e. The van der Waals surface area contributed by atoms with Crippen molar-refractivity contribution in [2.45, 2.75) is 39.2 Å². The quantitative estimate of drug-likeness (QED) is 0.392. The molecule has 1 saturated heterocycles. The Labute approximate surface area is 206 Å². The van der Waals surface area contributed by atoms with E-state index in [1.54, 1.807) is 6.07 Å². The fourth-order valence-corrected chi connectivity index (χ4v) is 4.56. The molecule has 7 heteroatoms. The summed E-state index contributed by atoms with van der Waals surface area (Å²) in [5.74, 6) is 0.558. The SMILES string of the molecule is CCC(=O)[C@@H]1CCCN(c2ccc(Nc3cc(N[C@H](C)c4ccccc4)c(C(N)=O)cn3)cc2)C1. The third kappa shape index (κ3) is 5.98. The van der Waals surface area contributed by atoms with Crippen LogP contribution < -0.4 is 21.3 Å². The summed E-state index contributed by atoms with van der Waals surface area (Å²) in [6, 6.07) is 19.9. The minimum Gasteiger partial charge on any atom is -0.378 e. The second-order valence-corrected chi connectivity index (χ2v) is 9.03. The second-order valence-electron chi connectivity index (χ2n) is 9.03. The van der Waals surface area contributed by atoms with Gasteiger partial charge in [0.1, 0.15) is 11.6 Å². The van der Waals surface area contributed by atoms with E-state index in [0.29, 0.717) is 29.3 Å². The number of piperidine rings is 1. The molecular formula is C28H33N5O2. The number of anilines is 4. The van der Waals surface area contributed by atoms with Gasteiger partial charge in [0.2, 0.25) is 0 Å². The number of carbonyl (C=O) groups excluding carboxylic acids is 2. The molecule has 0 radical (unpaired) electrons. The maximum atomic E-state index is 12.2. The Kier molecular flexibility index (Phi) is 7.65.